The summed E-state index contributed by atoms with van der Waals surface area (Å²) in [6.07, 6.45) is 1.82. The molecule has 4 aliphatic rings. The number of alkyl halides is 2. The zero-order valence-corrected chi connectivity index (χ0v) is 16.6. The van der Waals surface area contributed by atoms with Crippen LogP contribution in [0.4, 0.5) is 8.78 Å². The van der Waals surface area contributed by atoms with Gasteiger partial charge in [0.05, 0.1) is 6.17 Å². The summed E-state index contributed by atoms with van der Waals surface area (Å²) in [4.78, 5) is 14.0. The molecule has 0 radical (unpaired) electrons. The lowest BCUT2D eigenvalue weighted by molar-refractivity contribution is -0.129. The number of halogens is 2. The lowest BCUT2D eigenvalue weighted by atomic mass is 9.76. The Hall–Kier alpha value is -1.09. The molecule has 3 aliphatic heterocycles. The van der Waals surface area contributed by atoms with Crippen molar-refractivity contribution in [2.75, 3.05) is 26.7 Å². The second kappa shape index (κ2) is 8.34. The van der Waals surface area contributed by atoms with Crippen molar-refractivity contribution in [2.45, 2.75) is 68.7 Å². The van der Waals surface area contributed by atoms with Gasteiger partial charge in [0.2, 0.25) is 5.91 Å². The summed E-state index contributed by atoms with van der Waals surface area (Å²) >= 11 is 0. The van der Waals surface area contributed by atoms with E-state index < -0.39 is 12.3 Å². The fraction of sp³-hybridized carbons (Fsp3) is 0.850. The van der Waals surface area contributed by atoms with Crippen molar-refractivity contribution < 1.29 is 13.6 Å². The SMILES string of the molecule is C=CC(=O)N1CCC2C(C1)NC(C1CCC(F)C(F)C1)NC2C1CCN(C)N1. The second-order valence-electron chi connectivity index (χ2n) is 8.94. The van der Waals surface area contributed by atoms with Crippen LogP contribution in [0.5, 0.6) is 0 Å². The molecule has 1 amide bonds. The summed E-state index contributed by atoms with van der Waals surface area (Å²) in [6.45, 7) is 5.99. The third kappa shape index (κ3) is 3.97. The predicted molar refractivity (Wildman–Crippen MR) is 104 cm³/mol. The maximum atomic E-state index is 14.1. The van der Waals surface area contributed by atoms with Crippen LogP contribution in [0.3, 0.4) is 0 Å². The summed E-state index contributed by atoms with van der Waals surface area (Å²) < 4.78 is 27.7. The van der Waals surface area contributed by atoms with Crippen LogP contribution in [0, 0.1) is 11.8 Å². The van der Waals surface area contributed by atoms with Crippen LogP contribution in [0.2, 0.25) is 0 Å². The molecule has 6 nitrogen and oxygen atoms in total. The zero-order valence-electron chi connectivity index (χ0n) is 16.6. The molecule has 158 valence electrons. The monoisotopic (exact) mass is 397 g/mol. The largest absolute Gasteiger partial charge is 0.338 e. The number of amides is 1. The fourth-order valence-electron chi connectivity index (χ4n) is 5.62. The number of carbonyl (C=O) groups excluding carboxylic acids is 1. The van der Waals surface area contributed by atoms with Crippen molar-refractivity contribution in [3.63, 3.8) is 0 Å². The number of hydrogen-bond donors (Lipinski definition) is 3. The molecule has 4 fully saturated rings. The highest BCUT2D eigenvalue weighted by molar-refractivity contribution is 5.87. The Morgan fingerprint density at radius 3 is 2.57 bits per heavy atom. The highest BCUT2D eigenvalue weighted by Gasteiger charge is 2.47. The topological polar surface area (TPSA) is 59.6 Å². The molecule has 8 atom stereocenters. The van der Waals surface area contributed by atoms with Gasteiger partial charge in [0.15, 0.2) is 0 Å². The van der Waals surface area contributed by atoms with E-state index in [0.717, 1.165) is 25.9 Å². The van der Waals surface area contributed by atoms with E-state index in [4.69, 9.17) is 0 Å². The number of hydrazine groups is 1. The zero-order chi connectivity index (χ0) is 19.8. The average Bonchev–Trinajstić information content (AvgIpc) is 3.14. The molecule has 0 spiro atoms. The highest BCUT2D eigenvalue weighted by atomic mass is 19.2. The van der Waals surface area contributed by atoms with Crippen LogP contribution in [0.15, 0.2) is 12.7 Å². The van der Waals surface area contributed by atoms with Gasteiger partial charge in [-0.05, 0) is 50.0 Å². The third-order valence-corrected chi connectivity index (χ3v) is 7.18. The number of rotatable bonds is 3. The lowest BCUT2D eigenvalue weighted by Crippen LogP contribution is -2.73. The normalized spacial score (nSPS) is 44.9. The first-order chi connectivity index (χ1) is 13.5. The van der Waals surface area contributed by atoms with E-state index in [1.165, 1.54) is 6.08 Å². The Morgan fingerprint density at radius 2 is 1.89 bits per heavy atom. The number of carbonyl (C=O) groups is 1. The second-order valence-corrected chi connectivity index (χ2v) is 8.94. The maximum Gasteiger partial charge on any atom is 0.246 e. The van der Waals surface area contributed by atoms with E-state index in [-0.39, 0.29) is 42.9 Å². The molecule has 4 rings (SSSR count). The Bertz CT molecular complexity index is 593. The van der Waals surface area contributed by atoms with Gasteiger partial charge >= 0.3 is 0 Å². The molecule has 1 saturated carbocycles. The van der Waals surface area contributed by atoms with Crippen molar-refractivity contribution in [3.8, 4) is 0 Å². The molecule has 1 aliphatic carbocycles. The van der Waals surface area contributed by atoms with E-state index in [2.05, 4.69) is 34.7 Å². The maximum absolute atomic E-state index is 14.1. The van der Waals surface area contributed by atoms with Gasteiger partial charge in [-0.2, -0.15) is 0 Å². The van der Waals surface area contributed by atoms with E-state index in [0.29, 0.717) is 24.9 Å². The third-order valence-electron chi connectivity index (χ3n) is 7.18. The minimum atomic E-state index is -1.38. The lowest BCUT2D eigenvalue weighted by Gasteiger charge is -2.52. The molecule has 0 bridgehead atoms. The molecule has 8 unspecified atom stereocenters. The minimum Gasteiger partial charge on any atom is -0.338 e. The number of likely N-dealkylation sites (tertiary alicyclic amines) is 1. The Kier molecular flexibility index (Phi) is 6.01. The first-order valence-corrected chi connectivity index (χ1v) is 10.6. The fourth-order valence-corrected chi connectivity index (χ4v) is 5.62. The van der Waals surface area contributed by atoms with E-state index in [9.17, 15) is 13.6 Å². The standard InChI is InChI=1S/C20H33F2N5O/c1-3-18(28)27-9-6-13-17(11-27)23-20(12-4-5-14(21)15(22)10-12)24-19(13)16-7-8-26(2)25-16/h3,12-17,19-20,23-25H,1,4-11H2,2H3. The van der Waals surface area contributed by atoms with E-state index in [1.807, 2.05) is 4.90 Å². The van der Waals surface area contributed by atoms with Crippen molar-refractivity contribution in [1.82, 2.24) is 26.0 Å². The minimum absolute atomic E-state index is 0.0348. The summed E-state index contributed by atoms with van der Waals surface area (Å²) in [6, 6.07) is 0.730. The predicted octanol–water partition coefficient (Wildman–Crippen LogP) is 0.962. The summed E-state index contributed by atoms with van der Waals surface area (Å²) in [5, 5.41) is 9.56. The number of fused-ring (bicyclic) bond motifs is 1. The van der Waals surface area contributed by atoms with Crippen molar-refractivity contribution in [2.24, 2.45) is 11.8 Å². The van der Waals surface area contributed by atoms with Crippen LogP contribution >= 0.6 is 0 Å². The average molecular weight is 398 g/mol. The molecular weight excluding hydrogens is 364 g/mol. The van der Waals surface area contributed by atoms with Gasteiger partial charge < -0.3 is 4.90 Å². The molecule has 0 aromatic heterocycles. The van der Waals surface area contributed by atoms with Crippen molar-refractivity contribution in [1.29, 1.82) is 0 Å². The molecule has 8 heteroatoms. The van der Waals surface area contributed by atoms with Gasteiger partial charge in [-0.3, -0.25) is 20.9 Å². The van der Waals surface area contributed by atoms with Crippen LogP contribution < -0.4 is 16.1 Å². The van der Waals surface area contributed by atoms with Crippen LogP contribution in [0.25, 0.3) is 0 Å². The van der Waals surface area contributed by atoms with Crippen molar-refractivity contribution >= 4 is 5.91 Å². The highest BCUT2D eigenvalue weighted by Crippen LogP contribution is 2.35. The van der Waals surface area contributed by atoms with Crippen LogP contribution in [0.1, 0.15) is 32.1 Å². The number of piperidine rings is 1. The molecule has 0 aromatic carbocycles. The molecular formula is C20H33F2N5O. The van der Waals surface area contributed by atoms with Gasteiger partial charge in [-0.25, -0.2) is 13.8 Å². The Labute approximate surface area is 166 Å². The smallest absolute Gasteiger partial charge is 0.246 e. The molecule has 3 N–H and O–H groups in total. The van der Waals surface area contributed by atoms with E-state index >= 15 is 0 Å². The number of nitrogens with zero attached hydrogens (tertiary/aromatic N) is 2. The number of hydrogen-bond acceptors (Lipinski definition) is 5. The van der Waals surface area contributed by atoms with Gasteiger partial charge in [0.25, 0.3) is 0 Å². The van der Waals surface area contributed by atoms with Crippen LogP contribution in [-0.4, -0.2) is 79.1 Å². The quantitative estimate of drug-likeness (QED) is 0.620. The number of nitrogens with one attached hydrogen (secondary N) is 3. The summed E-state index contributed by atoms with van der Waals surface area (Å²) in [5.74, 6) is 0.426. The molecule has 0 aromatic rings. The van der Waals surface area contributed by atoms with Gasteiger partial charge in [0.1, 0.15) is 12.3 Å². The Balaban J connectivity index is 1.51. The van der Waals surface area contributed by atoms with Gasteiger partial charge in [-0.1, -0.05) is 6.58 Å². The first kappa shape index (κ1) is 20.2. The van der Waals surface area contributed by atoms with E-state index in [1.54, 1.807) is 0 Å². The van der Waals surface area contributed by atoms with Crippen molar-refractivity contribution in [3.05, 3.63) is 12.7 Å². The first-order valence-electron chi connectivity index (χ1n) is 10.6. The summed E-state index contributed by atoms with van der Waals surface area (Å²) in [5.41, 5.74) is 3.55. The molecule has 3 saturated heterocycles. The molecule has 28 heavy (non-hydrogen) atoms. The van der Waals surface area contributed by atoms with Gasteiger partial charge in [-0.15, -0.1) is 0 Å². The Morgan fingerprint density at radius 1 is 1.07 bits per heavy atom. The summed E-state index contributed by atoms with van der Waals surface area (Å²) in [7, 11) is 2.05. The molecule has 3 heterocycles. The van der Waals surface area contributed by atoms with Crippen LogP contribution in [-0.2, 0) is 4.79 Å². The van der Waals surface area contributed by atoms with Gasteiger partial charge in [0, 0.05) is 44.8 Å².